The summed E-state index contributed by atoms with van der Waals surface area (Å²) in [5.74, 6) is 0.123. The molecule has 1 rings (SSSR count). The molecule has 0 saturated heterocycles. The van der Waals surface area contributed by atoms with Crippen LogP contribution in [0.25, 0.3) is 0 Å². The van der Waals surface area contributed by atoms with Crippen LogP contribution in [0.3, 0.4) is 0 Å². The fourth-order valence-electron chi connectivity index (χ4n) is 1.39. The van der Waals surface area contributed by atoms with Gasteiger partial charge in [0.2, 0.25) is 0 Å². The number of hydrogen-bond donors (Lipinski definition) is 1. The van der Waals surface area contributed by atoms with E-state index in [-0.39, 0.29) is 10.6 Å². The third kappa shape index (κ3) is 2.39. The van der Waals surface area contributed by atoms with Crippen molar-refractivity contribution in [3.8, 4) is 0 Å². The molecular weight excluding hydrogens is 260 g/mol. The number of halogens is 1. The Hall–Kier alpha value is -0.280. The zero-order valence-electron chi connectivity index (χ0n) is 8.25. The highest BCUT2D eigenvalue weighted by Crippen LogP contribution is 2.21. The number of alkyl halides is 1. The summed E-state index contributed by atoms with van der Waals surface area (Å²) in [7, 11) is 0. The minimum absolute atomic E-state index is 0.123. The summed E-state index contributed by atoms with van der Waals surface area (Å²) in [6, 6.07) is 5.64. The Morgan fingerprint density at radius 2 is 2.21 bits per heavy atom. The summed E-state index contributed by atoms with van der Waals surface area (Å²) in [6.45, 7) is 3.87. The maximum atomic E-state index is 11.8. The lowest BCUT2D eigenvalue weighted by Crippen LogP contribution is -2.12. The van der Waals surface area contributed by atoms with Gasteiger partial charge >= 0.3 is 0 Å². The van der Waals surface area contributed by atoms with Gasteiger partial charge in [-0.2, -0.15) is 0 Å². The molecule has 1 atom stereocenters. The average Bonchev–Trinajstić information content (AvgIpc) is 2.16. The van der Waals surface area contributed by atoms with Gasteiger partial charge in [0, 0.05) is 10.5 Å². The summed E-state index contributed by atoms with van der Waals surface area (Å²) in [5.41, 5.74) is 1.82. The maximum Gasteiger partial charge on any atom is 0.176 e. The van der Waals surface area contributed by atoms with Crippen molar-refractivity contribution < 1.29 is 4.79 Å². The van der Waals surface area contributed by atoms with E-state index >= 15 is 0 Å². The molecule has 0 aliphatic heterocycles. The highest BCUT2D eigenvalue weighted by atomic mass is 79.9. The highest BCUT2D eigenvalue weighted by molar-refractivity contribution is 9.10. The van der Waals surface area contributed by atoms with Gasteiger partial charge in [-0.15, -0.1) is 12.6 Å². The zero-order valence-corrected chi connectivity index (χ0v) is 10.7. The predicted octanol–water partition coefficient (Wildman–Crippen LogP) is 3.50. The molecule has 0 radical (unpaired) electrons. The van der Waals surface area contributed by atoms with Gasteiger partial charge in [-0.1, -0.05) is 35.0 Å². The van der Waals surface area contributed by atoms with Crippen molar-refractivity contribution in [2.45, 2.75) is 30.0 Å². The van der Waals surface area contributed by atoms with E-state index in [1.54, 1.807) is 0 Å². The second-order valence-corrected chi connectivity index (χ2v) is 4.99. The molecule has 0 N–H and O–H groups in total. The van der Waals surface area contributed by atoms with Gasteiger partial charge in [0.05, 0.1) is 4.83 Å². The molecule has 0 bridgehead atoms. The molecule has 0 saturated carbocycles. The van der Waals surface area contributed by atoms with Crippen LogP contribution >= 0.6 is 28.6 Å². The third-order valence-electron chi connectivity index (χ3n) is 2.13. The molecule has 0 spiro atoms. The average molecular weight is 273 g/mol. The smallest absolute Gasteiger partial charge is 0.176 e. The first kappa shape index (κ1) is 11.8. The minimum Gasteiger partial charge on any atom is -0.293 e. The Morgan fingerprint density at radius 1 is 1.57 bits per heavy atom. The highest BCUT2D eigenvalue weighted by Gasteiger charge is 2.15. The van der Waals surface area contributed by atoms with Gasteiger partial charge in [-0.05, 0) is 25.0 Å². The Balaban J connectivity index is 3.20. The van der Waals surface area contributed by atoms with Crippen LogP contribution in [0.1, 0.15) is 29.8 Å². The third-order valence-corrected chi connectivity index (χ3v) is 2.97. The lowest BCUT2D eigenvalue weighted by Gasteiger charge is -2.10. The van der Waals surface area contributed by atoms with Gasteiger partial charge in [-0.25, -0.2) is 0 Å². The molecule has 0 aliphatic carbocycles. The summed E-state index contributed by atoms with van der Waals surface area (Å²) < 4.78 is 0. The molecule has 1 nitrogen and oxygen atoms in total. The molecule has 0 heterocycles. The Morgan fingerprint density at radius 3 is 2.71 bits per heavy atom. The van der Waals surface area contributed by atoms with E-state index in [1.807, 2.05) is 32.0 Å². The van der Waals surface area contributed by atoms with Gasteiger partial charge < -0.3 is 0 Å². The Kier molecular flexibility index (Phi) is 4.20. The van der Waals surface area contributed by atoms with E-state index in [0.717, 1.165) is 22.4 Å². The lowest BCUT2D eigenvalue weighted by molar-refractivity contribution is 0.0994. The van der Waals surface area contributed by atoms with E-state index in [1.165, 1.54) is 0 Å². The monoisotopic (exact) mass is 272 g/mol. The van der Waals surface area contributed by atoms with Crippen LogP contribution in [0.5, 0.6) is 0 Å². The first-order chi connectivity index (χ1) is 6.57. The van der Waals surface area contributed by atoms with Gasteiger partial charge in [0.25, 0.3) is 0 Å². The van der Waals surface area contributed by atoms with E-state index in [9.17, 15) is 4.79 Å². The van der Waals surface area contributed by atoms with Crippen molar-refractivity contribution in [3.05, 3.63) is 29.3 Å². The number of carbonyl (C=O) groups is 1. The summed E-state index contributed by atoms with van der Waals surface area (Å²) in [4.78, 5) is 12.6. The first-order valence-electron chi connectivity index (χ1n) is 4.57. The van der Waals surface area contributed by atoms with Crippen molar-refractivity contribution in [2.24, 2.45) is 0 Å². The standard InChI is InChI=1S/C11H13BrOS/c1-3-8-9(11(13)7(2)12)5-4-6-10(8)14/h4-7,14H,3H2,1-2H3. The lowest BCUT2D eigenvalue weighted by atomic mass is 10.0. The van der Waals surface area contributed by atoms with Crippen molar-refractivity contribution in [1.29, 1.82) is 0 Å². The van der Waals surface area contributed by atoms with Crippen LogP contribution in [0.4, 0.5) is 0 Å². The van der Waals surface area contributed by atoms with Crippen LogP contribution in [-0.2, 0) is 6.42 Å². The van der Waals surface area contributed by atoms with E-state index < -0.39 is 0 Å². The molecular formula is C11H13BrOS. The maximum absolute atomic E-state index is 11.8. The number of benzene rings is 1. The number of thiol groups is 1. The van der Waals surface area contributed by atoms with Crippen LogP contribution in [-0.4, -0.2) is 10.6 Å². The number of Topliss-reactive ketones (excluding diaryl/α,β-unsaturated/α-hetero) is 1. The topological polar surface area (TPSA) is 17.1 Å². The van der Waals surface area contributed by atoms with E-state index in [2.05, 4.69) is 28.6 Å². The number of ketones is 1. The molecule has 76 valence electrons. The van der Waals surface area contributed by atoms with E-state index in [4.69, 9.17) is 0 Å². The predicted molar refractivity (Wildman–Crippen MR) is 65.8 cm³/mol. The van der Waals surface area contributed by atoms with Crippen LogP contribution in [0, 0.1) is 0 Å². The number of rotatable bonds is 3. The molecule has 1 unspecified atom stereocenters. The quantitative estimate of drug-likeness (QED) is 0.506. The van der Waals surface area contributed by atoms with Gasteiger partial charge in [0.1, 0.15) is 0 Å². The fourth-order valence-corrected chi connectivity index (χ4v) is 2.00. The molecule has 0 fully saturated rings. The molecule has 1 aromatic carbocycles. The molecule has 0 aliphatic rings. The molecule has 1 aromatic rings. The molecule has 3 heteroatoms. The van der Waals surface area contributed by atoms with Gasteiger partial charge in [0.15, 0.2) is 5.78 Å². The Bertz CT molecular complexity index is 347. The minimum atomic E-state index is -0.136. The van der Waals surface area contributed by atoms with Crippen LogP contribution in [0.2, 0.25) is 0 Å². The second-order valence-electron chi connectivity index (χ2n) is 3.14. The first-order valence-corrected chi connectivity index (χ1v) is 5.93. The van der Waals surface area contributed by atoms with Crippen molar-refractivity contribution in [1.82, 2.24) is 0 Å². The van der Waals surface area contributed by atoms with E-state index in [0.29, 0.717) is 0 Å². The zero-order chi connectivity index (χ0) is 10.7. The SMILES string of the molecule is CCc1c(S)cccc1C(=O)C(C)Br. The summed E-state index contributed by atoms with van der Waals surface area (Å²) >= 11 is 7.63. The normalized spacial score (nSPS) is 12.6. The van der Waals surface area contributed by atoms with Crippen LogP contribution in [0.15, 0.2) is 23.1 Å². The number of hydrogen-bond acceptors (Lipinski definition) is 2. The molecule has 0 aromatic heterocycles. The Labute approximate surface area is 98.4 Å². The van der Waals surface area contributed by atoms with Crippen molar-refractivity contribution >= 4 is 34.3 Å². The largest absolute Gasteiger partial charge is 0.293 e. The van der Waals surface area contributed by atoms with Crippen molar-refractivity contribution in [3.63, 3.8) is 0 Å². The van der Waals surface area contributed by atoms with Gasteiger partial charge in [-0.3, -0.25) is 4.79 Å². The molecule has 0 amide bonds. The second kappa shape index (κ2) is 4.99. The van der Waals surface area contributed by atoms with Crippen molar-refractivity contribution in [2.75, 3.05) is 0 Å². The fraction of sp³-hybridized carbons (Fsp3) is 0.364. The summed E-state index contributed by atoms with van der Waals surface area (Å²) in [5, 5.41) is 0. The molecule has 14 heavy (non-hydrogen) atoms. The number of carbonyl (C=O) groups excluding carboxylic acids is 1. The summed E-state index contributed by atoms with van der Waals surface area (Å²) in [6.07, 6.45) is 0.834. The van der Waals surface area contributed by atoms with Crippen LogP contribution < -0.4 is 0 Å².